The van der Waals surface area contributed by atoms with Crippen LogP contribution in [0.1, 0.15) is 26.3 Å². The molecule has 0 bridgehead atoms. The van der Waals surface area contributed by atoms with Gasteiger partial charge in [0.1, 0.15) is 5.84 Å². The number of aliphatic imine (C=N–C) groups is 1. The van der Waals surface area contributed by atoms with Crippen LogP contribution in [0.2, 0.25) is 0 Å². The van der Waals surface area contributed by atoms with E-state index in [2.05, 4.69) is 15.4 Å². The Labute approximate surface area is 95.7 Å². The van der Waals surface area contributed by atoms with Crippen molar-refractivity contribution in [2.24, 2.45) is 10.8 Å². The second-order valence-corrected chi connectivity index (χ2v) is 4.34. The molecule has 5 heteroatoms. The molecule has 0 amide bonds. The van der Waals surface area contributed by atoms with Crippen molar-refractivity contribution in [1.29, 1.82) is 0 Å². The number of hydrazine groups is 1. The molecule has 88 valence electrons. The van der Waals surface area contributed by atoms with E-state index in [1.165, 1.54) is 0 Å². The minimum absolute atomic E-state index is 0.220. The Morgan fingerprint density at radius 1 is 1.50 bits per heavy atom. The smallest absolute Gasteiger partial charge is 0.224 e. The van der Waals surface area contributed by atoms with Crippen LogP contribution in [0.3, 0.4) is 0 Å². The summed E-state index contributed by atoms with van der Waals surface area (Å²) in [5.41, 5.74) is 3.11. The zero-order chi connectivity index (χ0) is 12.2. The number of nitrogens with zero attached hydrogens (tertiary/aromatic N) is 2. The van der Waals surface area contributed by atoms with Crippen molar-refractivity contribution >= 4 is 5.84 Å². The third-order valence-electron chi connectivity index (χ3n) is 1.80. The number of pyridine rings is 1. The molecule has 0 unspecified atom stereocenters. The van der Waals surface area contributed by atoms with Crippen molar-refractivity contribution in [2.75, 3.05) is 7.11 Å². The lowest BCUT2D eigenvalue weighted by molar-refractivity contribution is 0.396. The molecule has 0 aliphatic rings. The standard InChI is InChI=1S/C11H18N4O/c1-11(2,3)14-9(15-12)8-6-5-7-13-10(8)16-4/h5-7H,12H2,1-4H3,(H,14,15). The maximum atomic E-state index is 5.47. The highest BCUT2D eigenvalue weighted by Crippen LogP contribution is 2.16. The highest BCUT2D eigenvalue weighted by molar-refractivity contribution is 6.00. The maximum absolute atomic E-state index is 5.47. The van der Waals surface area contributed by atoms with Crippen LogP contribution in [0.15, 0.2) is 23.3 Å². The average molecular weight is 222 g/mol. The maximum Gasteiger partial charge on any atom is 0.224 e. The Bertz CT molecular complexity index is 382. The lowest BCUT2D eigenvalue weighted by Gasteiger charge is -2.16. The lowest BCUT2D eigenvalue weighted by atomic mass is 10.1. The van der Waals surface area contributed by atoms with Gasteiger partial charge < -0.3 is 10.2 Å². The number of hydrogen-bond donors (Lipinski definition) is 2. The minimum Gasteiger partial charge on any atom is -0.480 e. The quantitative estimate of drug-likeness (QED) is 0.340. The topological polar surface area (TPSA) is 72.5 Å². The van der Waals surface area contributed by atoms with Crippen LogP contribution in [0.5, 0.6) is 5.88 Å². The third kappa shape index (κ3) is 3.20. The lowest BCUT2D eigenvalue weighted by Crippen LogP contribution is -2.34. The van der Waals surface area contributed by atoms with E-state index < -0.39 is 0 Å². The van der Waals surface area contributed by atoms with E-state index in [1.807, 2.05) is 32.9 Å². The molecular formula is C11H18N4O. The zero-order valence-corrected chi connectivity index (χ0v) is 10.1. The van der Waals surface area contributed by atoms with E-state index in [-0.39, 0.29) is 5.54 Å². The fraction of sp³-hybridized carbons (Fsp3) is 0.455. The third-order valence-corrected chi connectivity index (χ3v) is 1.80. The molecule has 0 radical (unpaired) electrons. The number of hydrogen-bond acceptors (Lipinski definition) is 4. The van der Waals surface area contributed by atoms with Gasteiger partial charge in [0.15, 0.2) is 0 Å². The van der Waals surface area contributed by atoms with E-state index in [9.17, 15) is 0 Å². The van der Waals surface area contributed by atoms with Crippen molar-refractivity contribution in [3.05, 3.63) is 23.9 Å². The molecule has 5 nitrogen and oxygen atoms in total. The van der Waals surface area contributed by atoms with Crippen LogP contribution in [0.25, 0.3) is 0 Å². The Balaban J connectivity index is 3.19. The monoisotopic (exact) mass is 222 g/mol. The van der Waals surface area contributed by atoms with E-state index in [0.29, 0.717) is 11.7 Å². The number of amidine groups is 1. The first-order valence-electron chi connectivity index (χ1n) is 5.04. The van der Waals surface area contributed by atoms with Crippen LogP contribution in [0.4, 0.5) is 0 Å². The first-order chi connectivity index (χ1) is 7.48. The Hall–Kier alpha value is -1.62. The summed E-state index contributed by atoms with van der Waals surface area (Å²) in [5, 5.41) is 0. The molecule has 0 aliphatic carbocycles. The summed E-state index contributed by atoms with van der Waals surface area (Å²) in [5.74, 6) is 6.54. The molecule has 1 heterocycles. The summed E-state index contributed by atoms with van der Waals surface area (Å²) in [4.78, 5) is 8.56. The first kappa shape index (κ1) is 12.4. The van der Waals surface area contributed by atoms with Crippen molar-refractivity contribution in [2.45, 2.75) is 26.3 Å². The molecule has 1 aromatic heterocycles. The average Bonchev–Trinajstić information content (AvgIpc) is 2.24. The highest BCUT2D eigenvalue weighted by Gasteiger charge is 2.14. The fourth-order valence-electron chi connectivity index (χ4n) is 1.24. The van der Waals surface area contributed by atoms with Gasteiger partial charge in [-0.1, -0.05) is 0 Å². The van der Waals surface area contributed by atoms with Gasteiger partial charge in [0.25, 0.3) is 0 Å². The second-order valence-electron chi connectivity index (χ2n) is 4.34. The Morgan fingerprint density at radius 3 is 2.69 bits per heavy atom. The molecule has 0 saturated heterocycles. The zero-order valence-electron chi connectivity index (χ0n) is 10.1. The van der Waals surface area contributed by atoms with Crippen LogP contribution >= 0.6 is 0 Å². The molecule has 0 aliphatic heterocycles. The van der Waals surface area contributed by atoms with Gasteiger partial charge in [-0.15, -0.1) is 0 Å². The number of nitrogens with one attached hydrogen (secondary N) is 1. The summed E-state index contributed by atoms with van der Waals surface area (Å²) in [6.07, 6.45) is 1.66. The predicted octanol–water partition coefficient (Wildman–Crippen LogP) is 1.10. The van der Waals surface area contributed by atoms with Crippen molar-refractivity contribution in [3.63, 3.8) is 0 Å². The Kier molecular flexibility index (Phi) is 3.84. The molecule has 0 saturated carbocycles. The van der Waals surface area contributed by atoms with E-state index >= 15 is 0 Å². The van der Waals surface area contributed by atoms with E-state index in [4.69, 9.17) is 10.6 Å². The van der Waals surface area contributed by atoms with Crippen LogP contribution in [-0.2, 0) is 0 Å². The van der Waals surface area contributed by atoms with Gasteiger partial charge in [0.05, 0.1) is 18.2 Å². The highest BCUT2D eigenvalue weighted by atomic mass is 16.5. The van der Waals surface area contributed by atoms with Gasteiger partial charge in [-0.3, -0.25) is 4.99 Å². The van der Waals surface area contributed by atoms with Gasteiger partial charge in [-0.2, -0.15) is 0 Å². The summed E-state index contributed by atoms with van der Waals surface area (Å²) < 4.78 is 5.16. The molecule has 0 atom stereocenters. The largest absolute Gasteiger partial charge is 0.480 e. The van der Waals surface area contributed by atoms with Crippen LogP contribution in [-0.4, -0.2) is 23.5 Å². The van der Waals surface area contributed by atoms with Crippen molar-refractivity contribution < 1.29 is 4.74 Å². The van der Waals surface area contributed by atoms with Gasteiger partial charge in [0.2, 0.25) is 5.88 Å². The fourth-order valence-corrected chi connectivity index (χ4v) is 1.24. The van der Waals surface area contributed by atoms with Crippen molar-refractivity contribution in [3.8, 4) is 5.88 Å². The van der Waals surface area contributed by atoms with Gasteiger partial charge in [0, 0.05) is 6.20 Å². The number of aromatic nitrogens is 1. The first-order valence-corrected chi connectivity index (χ1v) is 5.04. The summed E-state index contributed by atoms with van der Waals surface area (Å²) in [7, 11) is 1.57. The molecule has 3 N–H and O–H groups in total. The van der Waals surface area contributed by atoms with E-state index in [1.54, 1.807) is 13.3 Å². The van der Waals surface area contributed by atoms with E-state index in [0.717, 1.165) is 5.56 Å². The van der Waals surface area contributed by atoms with Gasteiger partial charge >= 0.3 is 0 Å². The molecule has 0 spiro atoms. The molecule has 1 rings (SSSR count). The normalized spacial score (nSPS) is 12.4. The van der Waals surface area contributed by atoms with Gasteiger partial charge in [-0.25, -0.2) is 10.8 Å². The second kappa shape index (κ2) is 4.94. The summed E-state index contributed by atoms with van der Waals surface area (Å²) >= 11 is 0. The number of rotatable bonds is 2. The van der Waals surface area contributed by atoms with Gasteiger partial charge in [-0.05, 0) is 32.9 Å². The Morgan fingerprint density at radius 2 is 2.19 bits per heavy atom. The summed E-state index contributed by atoms with van der Waals surface area (Å²) in [6, 6.07) is 3.67. The molecule has 0 aromatic carbocycles. The SMILES string of the molecule is COc1ncccc1C(=NC(C)(C)C)NN. The van der Waals surface area contributed by atoms with Crippen LogP contribution < -0.4 is 16.0 Å². The predicted molar refractivity (Wildman–Crippen MR) is 64.4 cm³/mol. The number of ether oxygens (including phenoxy) is 1. The minimum atomic E-state index is -0.220. The number of nitrogens with two attached hydrogens (primary N) is 1. The number of methoxy groups -OCH3 is 1. The molecular weight excluding hydrogens is 204 g/mol. The molecule has 1 aromatic rings. The molecule has 0 fully saturated rings. The molecule has 16 heavy (non-hydrogen) atoms. The summed E-state index contributed by atoms with van der Waals surface area (Å²) in [6.45, 7) is 5.98. The van der Waals surface area contributed by atoms with Crippen molar-refractivity contribution in [1.82, 2.24) is 10.4 Å². The van der Waals surface area contributed by atoms with Crippen LogP contribution in [0, 0.1) is 0 Å².